The van der Waals surface area contributed by atoms with Gasteiger partial charge in [-0.05, 0) is 76.0 Å². The van der Waals surface area contributed by atoms with Crippen molar-refractivity contribution in [2.75, 3.05) is 52.7 Å². The normalized spacial score (nSPS) is 17.5. The van der Waals surface area contributed by atoms with E-state index in [1.165, 1.54) is 105 Å². The van der Waals surface area contributed by atoms with Gasteiger partial charge in [-0.25, -0.2) is 9.78 Å². The fourth-order valence-corrected chi connectivity index (χ4v) is 11.1. The lowest BCUT2D eigenvalue weighted by Crippen LogP contribution is -2.38. The van der Waals surface area contributed by atoms with Crippen LogP contribution in [0.2, 0.25) is 0 Å². The van der Waals surface area contributed by atoms with Gasteiger partial charge < -0.3 is 33.3 Å². The van der Waals surface area contributed by atoms with Gasteiger partial charge in [0.2, 0.25) is 0 Å². The van der Waals surface area contributed by atoms with Gasteiger partial charge in [-0.3, -0.25) is 33.3 Å². The fourth-order valence-electron chi connectivity index (χ4n) is 11.1. The number of hydrogen-bond donors (Lipinski definition) is 0. The monoisotopic (exact) mass is 1040 g/mol. The fraction of sp³-hybridized carbons (Fsp3) is 0.828. The van der Waals surface area contributed by atoms with Crippen molar-refractivity contribution in [3.8, 4) is 0 Å². The summed E-state index contributed by atoms with van der Waals surface area (Å²) in [7, 11) is 0. The minimum Gasteiger partial charge on any atom is -0.465 e. The Morgan fingerprint density at radius 3 is 0.959 bits per heavy atom. The van der Waals surface area contributed by atoms with Crippen molar-refractivity contribution < 1.29 is 62.0 Å². The molecule has 16 heteroatoms. The molecule has 1 amide bonds. The highest BCUT2D eigenvalue weighted by Crippen LogP contribution is 2.31. The van der Waals surface area contributed by atoms with Gasteiger partial charge in [0, 0.05) is 64.0 Å². The minimum atomic E-state index is -0.969. The molecule has 0 radical (unpaired) electrons. The molecule has 1 aromatic rings. The average molecular weight is 1040 g/mol. The quantitative estimate of drug-likeness (QED) is 0.0488. The number of nitrogens with zero attached hydrogens (tertiary/aromatic N) is 3. The molecule has 0 N–H and O–H groups in total. The van der Waals surface area contributed by atoms with Crippen LogP contribution in [0.15, 0.2) is 18.7 Å². The number of carbonyl (C=O) groups excluding carboxylic acids is 7. The third-order valence-electron chi connectivity index (χ3n) is 16.0. The maximum atomic E-state index is 13.6. The van der Waals surface area contributed by atoms with Crippen LogP contribution >= 0.6 is 0 Å². The van der Waals surface area contributed by atoms with Crippen LogP contribution in [0.3, 0.4) is 0 Å². The van der Waals surface area contributed by atoms with Gasteiger partial charge in [0.1, 0.15) is 46.0 Å². The summed E-state index contributed by atoms with van der Waals surface area (Å²) in [5.74, 6) is -0.201. The van der Waals surface area contributed by atoms with Gasteiger partial charge in [-0.2, -0.15) is 0 Å². The molecule has 0 aliphatic heterocycles. The van der Waals surface area contributed by atoms with Crippen molar-refractivity contribution >= 4 is 41.8 Å². The number of ether oxygens (including phenoxy) is 6. The van der Waals surface area contributed by atoms with E-state index >= 15 is 0 Å². The zero-order chi connectivity index (χ0) is 52.9. The molecular formula is C58H93N3O13. The Morgan fingerprint density at radius 2 is 0.703 bits per heavy atom. The lowest BCUT2D eigenvalue weighted by molar-refractivity contribution is -0.163. The Bertz CT molecular complexity index is 1650. The number of esters is 6. The average Bonchev–Trinajstić information content (AvgIpc) is 3.98. The van der Waals surface area contributed by atoms with Crippen LogP contribution in [0.1, 0.15) is 219 Å². The molecule has 0 aromatic carbocycles. The molecule has 0 atom stereocenters. The van der Waals surface area contributed by atoms with Gasteiger partial charge in [-0.15, -0.1) is 0 Å². The molecule has 1 heterocycles. The summed E-state index contributed by atoms with van der Waals surface area (Å²) in [5, 5.41) is 0. The van der Waals surface area contributed by atoms with Gasteiger partial charge >= 0.3 is 41.8 Å². The van der Waals surface area contributed by atoms with Crippen LogP contribution in [-0.4, -0.2) is 109 Å². The minimum absolute atomic E-state index is 0.0247. The first-order valence-electron chi connectivity index (χ1n) is 29.0. The predicted molar refractivity (Wildman–Crippen MR) is 278 cm³/mol. The Morgan fingerprint density at radius 1 is 0.432 bits per heavy atom. The van der Waals surface area contributed by atoms with Crippen LogP contribution in [0.5, 0.6) is 0 Å². The molecule has 0 saturated heterocycles. The second-order valence-electron chi connectivity index (χ2n) is 23.2. The zero-order valence-electron chi connectivity index (χ0n) is 45.5. The Hall–Kier alpha value is -4.50. The van der Waals surface area contributed by atoms with E-state index in [1.807, 2.05) is 0 Å². The smallest absolute Gasteiger partial charge is 0.329 e. The van der Waals surface area contributed by atoms with E-state index in [9.17, 15) is 33.6 Å². The van der Waals surface area contributed by atoms with Crippen molar-refractivity contribution in [1.82, 2.24) is 14.5 Å². The molecule has 4 aliphatic rings. The topological polar surface area (TPSA) is 196 Å². The molecule has 5 rings (SSSR count). The number of carbonyl (C=O) groups is 7. The van der Waals surface area contributed by atoms with Gasteiger partial charge in [0.25, 0.3) is 0 Å². The SMILES string of the molecule is CC(COC(=O)CCCN(CCCC(=O)OCC(C)(COC(=O)CCC1CCCCC1)COC(=O)CCC1CCCCC1)C(=O)n1ccnc1)(COC(=O)CCC1CCCCC1)COC(=O)CCC1CCCCC1. The van der Waals surface area contributed by atoms with Crippen molar-refractivity contribution in [2.45, 2.75) is 219 Å². The summed E-state index contributed by atoms with van der Waals surface area (Å²) in [6.45, 7) is 3.34. The van der Waals surface area contributed by atoms with Crippen molar-refractivity contribution in [3.05, 3.63) is 18.7 Å². The molecule has 0 spiro atoms. The van der Waals surface area contributed by atoms with Crippen molar-refractivity contribution in [3.63, 3.8) is 0 Å². The van der Waals surface area contributed by atoms with E-state index in [-0.39, 0.29) is 108 Å². The standard InChI is InChI=1S/C58H93N3O13/c1-57(41-71-52(64)31-27-46-17-7-3-8-18-46,42-72-53(65)32-28-47-19-9-4-10-20-47)39-69-50(62)25-15-36-60(56(68)61-38-35-59-45-61)37-16-26-51(63)70-40-58(2,43-73-54(66)33-29-48-21-11-5-12-22-48)44-74-55(67)34-30-49-23-13-6-14-24-49/h35,38,45-49H,3-34,36-37,39-44H2,1-2H3. The lowest BCUT2D eigenvalue weighted by Gasteiger charge is -2.29. The summed E-state index contributed by atoms with van der Waals surface area (Å²) in [6, 6.07) is -0.379. The Labute approximate surface area is 442 Å². The molecule has 418 valence electrons. The molecule has 0 unspecified atom stereocenters. The number of rotatable bonds is 32. The van der Waals surface area contributed by atoms with E-state index in [4.69, 9.17) is 28.4 Å². The highest BCUT2D eigenvalue weighted by atomic mass is 16.6. The number of amides is 1. The highest BCUT2D eigenvalue weighted by Gasteiger charge is 2.33. The maximum absolute atomic E-state index is 13.6. The third kappa shape index (κ3) is 24.4. The first-order valence-corrected chi connectivity index (χ1v) is 29.0. The van der Waals surface area contributed by atoms with Gasteiger partial charge in [0.15, 0.2) is 0 Å². The number of hydrogen-bond acceptors (Lipinski definition) is 14. The molecule has 1 aromatic heterocycles. The molecule has 4 fully saturated rings. The van der Waals surface area contributed by atoms with Crippen LogP contribution in [0.4, 0.5) is 4.79 Å². The molecule has 0 bridgehead atoms. The summed E-state index contributed by atoms with van der Waals surface area (Å²) in [5.41, 5.74) is -1.94. The predicted octanol–water partition coefficient (Wildman–Crippen LogP) is 11.4. The molecular weight excluding hydrogens is 947 g/mol. The van der Waals surface area contributed by atoms with Crippen LogP contribution in [-0.2, 0) is 57.2 Å². The summed E-state index contributed by atoms with van der Waals surface area (Å²) in [4.78, 5) is 97.2. The second-order valence-corrected chi connectivity index (χ2v) is 23.2. The first kappa shape index (κ1) is 60.4. The summed E-state index contributed by atoms with van der Waals surface area (Å²) >= 11 is 0. The zero-order valence-corrected chi connectivity index (χ0v) is 45.5. The summed E-state index contributed by atoms with van der Waals surface area (Å²) in [6.07, 6.45) is 32.8. The molecule has 4 aliphatic carbocycles. The highest BCUT2D eigenvalue weighted by molar-refractivity contribution is 5.77. The molecule has 4 saturated carbocycles. The maximum Gasteiger partial charge on any atom is 0.329 e. The van der Waals surface area contributed by atoms with E-state index in [0.717, 1.165) is 77.0 Å². The van der Waals surface area contributed by atoms with Crippen LogP contribution in [0.25, 0.3) is 0 Å². The Kier molecular flexibility index (Phi) is 27.3. The van der Waals surface area contributed by atoms with Crippen molar-refractivity contribution in [1.29, 1.82) is 0 Å². The van der Waals surface area contributed by atoms with E-state index in [2.05, 4.69) is 4.98 Å². The largest absolute Gasteiger partial charge is 0.465 e. The third-order valence-corrected chi connectivity index (χ3v) is 16.0. The Balaban J connectivity index is 1.08. The second kappa shape index (κ2) is 33.5. The first-order chi connectivity index (χ1) is 35.8. The van der Waals surface area contributed by atoms with E-state index in [0.29, 0.717) is 49.4 Å². The van der Waals surface area contributed by atoms with Gasteiger partial charge in [-0.1, -0.05) is 128 Å². The van der Waals surface area contributed by atoms with Crippen LogP contribution < -0.4 is 0 Å². The number of imidazole rings is 1. The molecule has 74 heavy (non-hydrogen) atoms. The van der Waals surface area contributed by atoms with E-state index < -0.39 is 22.8 Å². The summed E-state index contributed by atoms with van der Waals surface area (Å²) < 4.78 is 35.7. The lowest BCUT2D eigenvalue weighted by atomic mass is 9.86. The van der Waals surface area contributed by atoms with Gasteiger partial charge in [0.05, 0.1) is 10.8 Å². The van der Waals surface area contributed by atoms with E-state index in [1.54, 1.807) is 13.8 Å². The van der Waals surface area contributed by atoms with Crippen LogP contribution in [0, 0.1) is 34.5 Å². The number of aromatic nitrogens is 2. The molecule has 16 nitrogen and oxygen atoms in total. The van der Waals surface area contributed by atoms with Crippen molar-refractivity contribution in [2.24, 2.45) is 34.5 Å².